The molecule has 5 aliphatic heterocycles. The Morgan fingerprint density at radius 2 is 1.58 bits per heavy atom. The van der Waals surface area contributed by atoms with Crippen LogP contribution in [-0.2, 0) is 29.0 Å². The standard InChI is InChI=1S/C34H40FN5O5.C10H12O.C6H6/c1-44-23-2-4-26(35)29(14-23)38-19-34(20-38)10-8-21(9-11-34)15-37-12-13-39-22(16-37)18-45-31-25-17-40(28-6-7-30(41)36-32(28)42)33(43)24(25)3-5-27(31)39;11-10-6-5-8-3-1-2-4-9(8)7-10;1-2-4-6-5-3-1/h2-5,14,21-22,28H,6-13,15-20H2,1H3,(H,36,41,42);5-7,11H,1-4H2;1-6H. The van der Waals surface area contributed by atoms with Gasteiger partial charge in [-0.25, -0.2) is 4.39 Å². The van der Waals surface area contributed by atoms with Gasteiger partial charge in [0.25, 0.3) is 5.91 Å². The van der Waals surface area contributed by atoms with Crippen LogP contribution in [0.15, 0.2) is 84.9 Å². The summed E-state index contributed by atoms with van der Waals surface area (Å²) in [5.41, 5.74) is 6.20. The Morgan fingerprint density at radius 3 is 2.31 bits per heavy atom. The first-order valence-electron chi connectivity index (χ1n) is 22.5. The topological polar surface area (TPSA) is 115 Å². The van der Waals surface area contributed by atoms with E-state index in [0.717, 1.165) is 62.7 Å². The van der Waals surface area contributed by atoms with Gasteiger partial charge in [-0.05, 0) is 111 Å². The summed E-state index contributed by atoms with van der Waals surface area (Å²) < 4.78 is 26.2. The van der Waals surface area contributed by atoms with Crippen molar-refractivity contribution in [3.05, 3.63) is 113 Å². The number of carbonyl (C=O) groups excluding carboxylic acids is 3. The number of methoxy groups -OCH3 is 1. The number of imide groups is 1. The molecule has 3 amide bonds. The number of benzene rings is 4. The number of phenols is 1. The number of amides is 3. The van der Waals surface area contributed by atoms with Gasteiger partial charge in [0.05, 0.1) is 31.1 Å². The van der Waals surface area contributed by atoms with E-state index in [1.807, 2.05) is 66.7 Å². The molecule has 7 aliphatic rings. The number of hydrogen-bond donors (Lipinski definition) is 2. The molecule has 1 saturated carbocycles. The van der Waals surface area contributed by atoms with Crippen molar-refractivity contribution >= 4 is 29.1 Å². The summed E-state index contributed by atoms with van der Waals surface area (Å²) in [7, 11) is 1.62. The van der Waals surface area contributed by atoms with Crippen LogP contribution in [0.2, 0.25) is 0 Å². The van der Waals surface area contributed by atoms with Gasteiger partial charge in [0.1, 0.15) is 35.7 Å². The van der Waals surface area contributed by atoms with Crippen LogP contribution in [0.5, 0.6) is 17.2 Å². The van der Waals surface area contributed by atoms with E-state index in [9.17, 15) is 23.9 Å². The first kappa shape index (κ1) is 41.7. The summed E-state index contributed by atoms with van der Waals surface area (Å²) in [5.74, 6) is 1.50. The lowest BCUT2D eigenvalue weighted by molar-refractivity contribution is -0.136. The highest BCUT2D eigenvalue weighted by atomic mass is 19.1. The molecule has 3 saturated heterocycles. The predicted octanol–water partition coefficient (Wildman–Crippen LogP) is 7.13. The number of anilines is 2. The molecule has 2 aliphatic carbocycles. The number of nitrogens with zero attached hydrogens (tertiary/aromatic N) is 4. The van der Waals surface area contributed by atoms with Crippen molar-refractivity contribution in [2.75, 3.05) is 62.8 Å². The number of carbonyl (C=O) groups is 3. The molecule has 0 bridgehead atoms. The van der Waals surface area contributed by atoms with Crippen LogP contribution in [0.4, 0.5) is 15.8 Å². The lowest BCUT2D eigenvalue weighted by Gasteiger charge is -2.55. The fourth-order valence-electron chi connectivity index (χ4n) is 10.8. The first-order chi connectivity index (χ1) is 30.2. The van der Waals surface area contributed by atoms with Gasteiger partial charge in [-0.3, -0.25) is 24.6 Å². The second kappa shape index (κ2) is 18.0. The third-order valence-corrected chi connectivity index (χ3v) is 14.2. The lowest BCUT2D eigenvalue weighted by Crippen LogP contribution is -2.59. The molecule has 2 atom stereocenters. The SMILES string of the molecule is COc1ccc(F)c(N2CC3(CCC(CN4CCN5c6ccc7c(c6OCC5C4)CN(C4CCC(=O)NC4=O)C7=O)CC3)C2)c1.Oc1ccc2c(c1)CCCC2.c1ccccc1. The molecular formula is C50H58FN5O6. The minimum atomic E-state index is -0.632. The monoisotopic (exact) mass is 843 g/mol. The zero-order valence-electron chi connectivity index (χ0n) is 35.7. The molecular weight excluding hydrogens is 786 g/mol. The Hall–Kier alpha value is -5.62. The van der Waals surface area contributed by atoms with E-state index in [-0.39, 0.29) is 30.1 Å². The first-order valence-corrected chi connectivity index (χ1v) is 22.5. The van der Waals surface area contributed by atoms with Gasteiger partial charge in [0, 0.05) is 68.3 Å². The number of nitrogens with one attached hydrogen (secondary N) is 1. The highest BCUT2D eigenvalue weighted by Gasteiger charge is 2.47. The quantitative estimate of drug-likeness (QED) is 0.203. The molecule has 4 aromatic rings. The fraction of sp³-hybridized carbons (Fsp3) is 0.460. The van der Waals surface area contributed by atoms with Crippen LogP contribution in [0.3, 0.4) is 0 Å². The fourth-order valence-corrected chi connectivity index (χ4v) is 10.8. The van der Waals surface area contributed by atoms with Crippen molar-refractivity contribution in [3.63, 3.8) is 0 Å². The van der Waals surface area contributed by atoms with E-state index in [1.54, 1.807) is 24.1 Å². The predicted molar refractivity (Wildman–Crippen MR) is 236 cm³/mol. The number of rotatable bonds is 5. The maximum atomic E-state index is 14.5. The molecule has 5 heterocycles. The molecule has 62 heavy (non-hydrogen) atoms. The number of piperidine rings is 1. The van der Waals surface area contributed by atoms with Crippen LogP contribution in [0, 0.1) is 17.2 Å². The number of piperazine rings is 1. The zero-order valence-corrected chi connectivity index (χ0v) is 35.7. The van der Waals surface area contributed by atoms with E-state index in [1.165, 1.54) is 62.1 Å². The number of phenolic OH excluding ortho intramolecular Hbond substituents is 1. The maximum Gasteiger partial charge on any atom is 0.255 e. The second-order valence-electron chi connectivity index (χ2n) is 18.2. The van der Waals surface area contributed by atoms with Crippen molar-refractivity contribution in [3.8, 4) is 17.2 Å². The van der Waals surface area contributed by atoms with Gasteiger partial charge < -0.3 is 29.3 Å². The Balaban J connectivity index is 0.000000238. The third kappa shape index (κ3) is 8.71. The average Bonchev–Trinajstić information content (AvgIpc) is 3.62. The van der Waals surface area contributed by atoms with Gasteiger partial charge in [0.2, 0.25) is 11.8 Å². The molecule has 2 N–H and O–H groups in total. The average molecular weight is 844 g/mol. The van der Waals surface area contributed by atoms with Crippen LogP contribution in [0.25, 0.3) is 0 Å². The maximum absolute atomic E-state index is 14.5. The van der Waals surface area contributed by atoms with E-state index in [4.69, 9.17) is 9.47 Å². The van der Waals surface area contributed by atoms with Crippen molar-refractivity contribution < 1.29 is 33.4 Å². The number of fused-ring (bicyclic) bond motifs is 6. The van der Waals surface area contributed by atoms with Crippen molar-refractivity contribution in [2.45, 2.75) is 82.8 Å². The molecule has 0 aromatic heterocycles. The van der Waals surface area contributed by atoms with Gasteiger partial charge in [-0.15, -0.1) is 0 Å². The van der Waals surface area contributed by atoms with E-state index in [0.29, 0.717) is 53.7 Å². The van der Waals surface area contributed by atoms with Crippen LogP contribution in [-0.4, -0.2) is 97.7 Å². The molecule has 1 spiro atoms. The number of hydrogen-bond acceptors (Lipinski definition) is 9. The normalized spacial score (nSPS) is 22.6. The van der Waals surface area contributed by atoms with Crippen LogP contribution < -0.4 is 24.6 Å². The van der Waals surface area contributed by atoms with Crippen LogP contribution >= 0.6 is 0 Å². The molecule has 2 unspecified atom stereocenters. The summed E-state index contributed by atoms with van der Waals surface area (Å²) in [4.78, 5) is 46.2. The summed E-state index contributed by atoms with van der Waals surface area (Å²) >= 11 is 0. The van der Waals surface area contributed by atoms with E-state index < -0.39 is 11.9 Å². The number of ether oxygens (including phenoxy) is 2. The van der Waals surface area contributed by atoms with Crippen LogP contribution in [0.1, 0.15) is 78.4 Å². The molecule has 326 valence electrons. The zero-order chi connectivity index (χ0) is 42.8. The minimum Gasteiger partial charge on any atom is -0.508 e. The highest BCUT2D eigenvalue weighted by Crippen LogP contribution is 2.49. The Labute approximate surface area is 363 Å². The largest absolute Gasteiger partial charge is 0.508 e. The number of aryl methyl sites for hydroxylation is 2. The summed E-state index contributed by atoms with van der Waals surface area (Å²) in [6.07, 6.45) is 10.3. The smallest absolute Gasteiger partial charge is 0.255 e. The van der Waals surface area contributed by atoms with Crippen molar-refractivity contribution in [1.82, 2.24) is 15.1 Å². The van der Waals surface area contributed by atoms with Crippen molar-refractivity contribution in [1.29, 1.82) is 0 Å². The lowest BCUT2D eigenvalue weighted by atomic mass is 9.65. The number of aromatic hydroxyl groups is 1. The molecule has 4 aromatic carbocycles. The van der Waals surface area contributed by atoms with Gasteiger partial charge >= 0.3 is 0 Å². The molecule has 11 nitrogen and oxygen atoms in total. The molecule has 0 radical (unpaired) electrons. The molecule has 12 heteroatoms. The Bertz CT molecular complexity index is 2250. The Kier molecular flexibility index (Phi) is 12.1. The highest BCUT2D eigenvalue weighted by molar-refractivity contribution is 6.06. The second-order valence-corrected chi connectivity index (χ2v) is 18.2. The summed E-state index contributed by atoms with van der Waals surface area (Å²) in [6.45, 7) is 6.66. The van der Waals surface area contributed by atoms with E-state index in [2.05, 4.69) is 20.0 Å². The van der Waals surface area contributed by atoms with Gasteiger partial charge in [-0.1, -0.05) is 42.5 Å². The van der Waals surface area contributed by atoms with Gasteiger partial charge in [0.15, 0.2) is 0 Å². The molecule has 11 rings (SSSR count). The minimum absolute atomic E-state index is 0.172. The van der Waals surface area contributed by atoms with Gasteiger partial charge in [-0.2, -0.15) is 0 Å². The Morgan fingerprint density at radius 1 is 0.839 bits per heavy atom. The van der Waals surface area contributed by atoms with E-state index >= 15 is 0 Å². The molecule has 4 fully saturated rings. The third-order valence-electron chi connectivity index (χ3n) is 14.2. The van der Waals surface area contributed by atoms with Crippen molar-refractivity contribution in [2.24, 2.45) is 11.3 Å². The summed E-state index contributed by atoms with van der Waals surface area (Å²) in [5, 5.41) is 11.6. The summed E-state index contributed by atoms with van der Waals surface area (Å²) in [6, 6.07) is 26.2. The number of halogens is 1.